The van der Waals surface area contributed by atoms with Crippen molar-refractivity contribution in [3.63, 3.8) is 0 Å². The van der Waals surface area contributed by atoms with E-state index in [-0.39, 0.29) is 17.5 Å². The van der Waals surface area contributed by atoms with Gasteiger partial charge in [-0.15, -0.1) is 6.58 Å². The standard InChI is InChI=1S/C15H25N3O2S/c1-5-6-11(2)16-9-15-12(3)17-18(13(15)4)14-7-8-21(19,20)10-14/h5,11,14,16H,1,6-10H2,2-4H3. The Bertz CT molecular complexity index is 619. The van der Waals surface area contributed by atoms with Gasteiger partial charge in [-0.05, 0) is 33.6 Å². The highest BCUT2D eigenvalue weighted by Gasteiger charge is 2.31. The first-order chi connectivity index (χ1) is 9.84. The molecule has 1 aromatic rings. The van der Waals surface area contributed by atoms with Crippen LogP contribution < -0.4 is 5.32 Å². The van der Waals surface area contributed by atoms with E-state index in [0.717, 1.165) is 24.4 Å². The normalized spacial score (nSPS) is 22.3. The lowest BCUT2D eigenvalue weighted by atomic mass is 10.1. The maximum atomic E-state index is 11.6. The summed E-state index contributed by atoms with van der Waals surface area (Å²) in [5.74, 6) is 0.495. The maximum Gasteiger partial charge on any atom is 0.152 e. The van der Waals surface area contributed by atoms with Crippen LogP contribution in [0.2, 0.25) is 0 Å². The fraction of sp³-hybridized carbons (Fsp3) is 0.667. The van der Waals surface area contributed by atoms with Crippen molar-refractivity contribution in [2.45, 2.75) is 52.2 Å². The van der Waals surface area contributed by atoms with Gasteiger partial charge in [0.2, 0.25) is 0 Å². The van der Waals surface area contributed by atoms with E-state index < -0.39 is 9.84 Å². The van der Waals surface area contributed by atoms with Gasteiger partial charge in [0.05, 0.1) is 23.2 Å². The Labute approximate surface area is 127 Å². The van der Waals surface area contributed by atoms with Gasteiger partial charge >= 0.3 is 0 Å². The molecule has 0 aliphatic carbocycles. The highest BCUT2D eigenvalue weighted by atomic mass is 32.2. The Morgan fingerprint density at radius 2 is 2.24 bits per heavy atom. The molecule has 0 bridgehead atoms. The number of aromatic nitrogens is 2. The van der Waals surface area contributed by atoms with Crippen LogP contribution in [0.4, 0.5) is 0 Å². The quantitative estimate of drug-likeness (QED) is 0.815. The number of rotatable bonds is 6. The van der Waals surface area contributed by atoms with E-state index in [2.05, 4.69) is 23.9 Å². The van der Waals surface area contributed by atoms with Gasteiger partial charge in [-0.25, -0.2) is 8.42 Å². The molecule has 2 unspecified atom stereocenters. The first-order valence-electron chi connectivity index (χ1n) is 7.43. The molecule has 21 heavy (non-hydrogen) atoms. The zero-order valence-electron chi connectivity index (χ0n) is 13.1. The van der Waals surface area contributed by atoms with Crippen molar-refractivity contribution in [2.75, 3.05) is 11.5 Å². The lowest BCUT2D eigenvalue weighted by molar-refractivity contribution is 0.484. The molecule has 0 radical (unpaired) electrons. The topological polar surface area (TPSA) is 64.0 Å². The van der Waals surface area contributed by atoms with Gasteiger partial charge in [0.15, 0.2) is 9.84 Å². The molecular formula is C15H25N3O2S. The number of hydrogen-bond acceptors (Lipinski definition) is 4. The fourth-order valence-corrected chi connectivity index (χ4v) is 4.58. The van der Waals surface area contributed by atoms with E-state index in [4.69, 9.17) is 0 Å². The third-order valence-electron chi connectivity index (χ3n) is 4.18. The second-order valence-corrected chi connectivity index (χ2v) is 8.19. The fourth-order valence-electron chi connectivity index (χ4n) is 2.89. The lowest BCUT2D eigenvalue weighted by Crippen LogP contribution is -2.25. The maximum absolute atomic E-state index is 11.6. The molecule has 1 saturated heterocycles. The summed E-state index contributed by atoms with van der Waals surface area (Å²) in [4.78, 5) is 0. The molecular weight excluding hydrogens is 286 g/mol. The summed E-state index contributed by atoms with van der Waals surface area (Å²) < 4.78 is 25.2. The monoisotopic (exact) mass is 311 g/mol. The van der Waals surface area contributed by atoms with Crippen LogP contribution in [-0.4, -0.2) is 35.7 Å². The molecule has 0 spiro atoms. The van der Waals surface area contributed by atoms with Gasteiger partial charge in [-0.2, -0.15) is 5.10 Å². The molecule has 6 heteroatoms. The van der Waals surface area contributed by atoms with E-state index in [1.807, 2.05) is 24.6 Å². The van der Waals surface area contributed by atoms with E-state index >= 15 is 0 Å². The summed E-state index contributed by atoms with van der Waals surface area (Å²) in [6.45, 7) is 10.6. The zero-order valence-corrected chi connectivity index (χ0v) is 13.9. The summed E-state index contributed by atoms with van der Waals surface area (Å²) in [5, 5.41) is 8.03. The smallest absolute Gasteiger partial charge is 0.152 e. The summed E-state index contributed by atoms with van der Waals surface area (Å²) in [5.41, 5.74) is 3.23. The van der Waals surface area contributed by atoms with Crippen LogP contribution >= 0.6 is 0 Å². The van der Waals surface area contributed by atoms with E-state index in [1.54, 1.807) is 0 Å². The molecule has 2 heterocycles. The predicted molar refractivity (Wildman–Crippen MR) is 85.1 cm³/mol. The van der Waals surface area contributed by atoms with Gasteiger partial charge in [-0.1, -0.05) is 6.08 Å². The number of nitrogens with zero attached hydrogens (tertiary/aromatic N) is 2. The van der Waals surface area contributed by atoms with Crippen LogP contribution in [-0.2, 0) is 16.4 Å². The molecule has 2 atom stereocenters. The molecule has 1 aromatic heterocycles. The second kappa shape index (κ2) is 6.32. The first-order valence-corrected chi connectivity index (χ1v) is 9.25. The Morgan fingerprint density at radius 3 is 2.81 bits per heavy atom. The van der Waals surface area contributed by atoms with Crippen LogP contribution in [0.5, 0.6) is 0 Å². The van der Waals surface area contributed by atoms with Crippen molar-refractivity contribution in [3.05, 3.63) is 29.6 Å². The minimum Gasteiger partial charge on any atom is -0.310 e. The van der Waals surface area contributed by atoms with Crippen molar-refractivity contribution in [2.24, 2.45) is 0 Å². The van der Waals surface area contributed by atoms with E-state index in [1.165, 1.54) is 5.56 Å². The molecule has 0 amide bonds. The number of sulfone groups is 1. The van der Waals surface area contributed by atoms with Crippen molar-refractivity contribution in [1.82, 2.24) is 15.1 Å². The SMILES string of the molecule is C=CCC(C)NCc1c(C)nn(C2CCS(=O)(=O)C2)c1C. The van der Waals surface area contributed by atoms with Crippen molar-refractivity contribution >= 4 is 9.84 Å². The molecule has 1 fully saturated rings. The van der Waals surface area contributed by atoms with Gasteiger partial charge in [0.1, 0.15) is 0 Å². The van der Waals surface area contributed by atoms with Crippen LogP contribution in [0, 0.1) is 13.8 Å². The van der Waals surface area contributed by atoms with Gasteiger partial charge in [-0.3, -0.25) is 4.68 Å². The summed E-state index contributed by atoms with van der Waals surface area (Å²) in [6, 6.07) is 0.365. The van der Waals surface area contributed by atoms with E-state index in [0.29, 0.717) is 12.5 Å². The Kier molecular flexibility index (Phi) is 4.88. The largest absolute Gasteiger partial charge is 0.310 e. The molecule has 2 rings (SSSR count). The molecule has 118 valence electrons. The molecule has 1 N–H and O–H groups in total. The second-order valence-electron chi connectivity index (χ2n) is 5.96. The molecule has 1 aliphatic heterocycles. The number of aryl methyl sites for hydroxylation is 1. The van der Waals surface area contributed by atoms with Crippen molar-refractivity contribution in [1.29, 1.82) is 0 Å². The van der Waals surface area contributed by atoms with Gasteiger partial charge in [0, 0.05) is 23.8 Å². The highest BCUT2D eigenvalue weighted by molar-refractivity contribution is 7.91. The minimum atomic E-state index is -2.88. The molecule has 0 saturated carbocycles. The average Bonchev–Trinajstić information content (AvgIpc) is 2.88. The van der Waals surface area contributed by atoms with Gasteiger partial charge < -0.3 is 5.32 Å². The van der Waals surface area contributed by atoms with Gasteiger partial charge in [0.25, 0.3) is 0 Å². The Balaban J connectivity index is 2.12. The molecule has 1 aliphatic rings. The first kappa shape index (κ1) is 16.2. The molecule has 0 aromatic carbocycles. The van der Waals surface area contributed by atoms with Crippen molar-refractivity contribution < 1.29 is 8.42 Å². The van der Waals surface area contributed by atoms with Crippen LogP contribution in [0.15, 0.2) is 12.7 Å². The summed E-state index contributed by atoms with van der Waals surface area (Å²) in [6.07, 6.45) is 3.50. The third-order valence-corrected chi connectivity index (χ3v) is 5.93. The minimum absolute atomic E-state index is 0.00644. The van der Waals surface area contributed by atoms with Crippen molar-refractivity contribution in [3.8, 4) is 0 Å². The summed E-state index contributed by atoms with van der Waals surface area (Å²) >= 11 is 0. The molecule has 5 nitrogen and oxygen atoms in total. The van der Waals surface area contributed by atoms with Crippen LogP contribution in [0.25, 0.3) is 0 Å². The Morgan fingerprint density at radius 1 is 1.52 bits per heavy atom. The summed E-state index contributed by atoms with van der Waals surface area (Å²) in [7, 11) is -2.88. The number of nitrogens with one attached hydrogen (secondary N) is 1. The highest BCUT2D eigenvalue weighted by Crippen LogP contribution is 2.26. The van der Waals surface area contributed by atoms with Crippen LogP contribution in [0.1, 0.15) is 42.8 Å². The lowest BCUT2D eigenvalue weighted by Gasteiger charge is -2.13. The predicted octanol–water partition coefficient (Wildman–Crippen LogP) is 1.91. The zero-order chi connectivity index (χ0) is 15.6. The average molecular weight is 311 g/mol. The Hall–Kier alpha value is -1.14. The van der Waals surface area contributed by atoms with E-state index in [9.17, 15) is 8.42 Å². The van der Waals surface area contributed by atoms with Crippen LogP contribution in [0.3, 0.4) is 0 Å². The third kappa shape index (κ3) is 3.74. The number of hydrogen-bond donors (Lipinski definition) is 1.